The number of carbonyl (C=O) groups excluding carboxylic acids is 1. The van der Waals surface area contributed by atoms with Gasteiger partial charge < -0.3 is 9.47 Å². The summed E-state index contributed by atoms with van der Waals surface area (Å²) in [7, 11) is 1.90. The maximum atomic E-state index is 13.3. The topological polar surface area (TPSA) is 76.8 Å². The van der Waals surface area contributed by atoms with Crippen molar-refractivity contribution in [3.8, 4) is 11.3 Å². The van der Waals surface area contributed by atoms with E-state index in [1.54, 1.807) is 18.3 Å². The Hall–Kier alpha value is -3.61. The van der Waals surface area contributed by atoms with E-state index in [1.807, 2.05) is 30.7 Å². The van der Waals surface area contributed by atoms with Gasteiger partial charge in [-0.2, -0.15) is 10.2 Å². The molecule has 1 aliphatic rings. The lowest BCUT2D eigenvalue weighted by molar-refractivity contribution is 0.0991. The predicted molar refractivity (Wildman–Crippen MR) is 125 cm³/mol. The highest BCUT2D eigenvalue weighted by Crippen LogP contribution is 2.24. The van der Waals surface area contributed by atoms with Gasteiger partial charge in [0.1, 0.15) is 11.6 Å². The molecule has 0 atom stereocenters. The summed E-state index contributed by atoms with van der Waals surface area (Å²) in [5.41, 5.74) is 2.69. The van der Waals surface area contributed by atoms with Crippen LogP contribution in [-0.4, -0.2) is 43.5 Å². The molecular formula is C25H26N6O. The first-order chi connectivity index (χ1) is 19.3. The number of carbonyl (C=O) groups is 1. The number of rotatable bonds is 5. The summed E-state index contributed by atoms with van der Waals surface area (Å²) in [6.45, 7) is -4.90. The van der Waals surface area contributed by atoms with Crippen LogP contribution in [0.15, 0.2) is 48.8 Å². The number of ketones is 1. The lowest BCUT2D eigenvalue weighted by Crippen LogP contribution is -2.30. The Labute approximate surface area is 201 Å². The molecule has 0 N–H and O–H groups in total. The third-order valence-electron chi connectivity index (χ3n) is 5.25. The van der Waals surface area contributed by atoms with Gasteiger partial charge >= 0.3 is 0 Å². The maximum Gasteiger partial charge on any atom is 0.169 e. The van der Waals surface area contributed by atoms with Crippen LogP contribution in [0, 0.1) is 6.92 Å². The van der Waals surface area contributed by atoms with Crippen LogP contribution in [0.5, 0.6) is 0 Å². The van der Waals surface area contributed by atoms with Crippen molar-refractivity contribution in [2.45, 2.75) is 32.5 Å². The molecule has 0 spiro atoms. The van der Waals surface area contributed by atoms with E-state index in [1.165, 1.54) is 6.07 Å². The molecule has 1 fully saturated rings. The van der Waals surface area contributed by atoms with Gasteiger partial charge in [-0.15, -0.1) is 0 Å². The molecule has 7 nitrogen and oxygen atoms in total. The molecule has 4 heterocycles. The Bertz CT molecular complexity index is 1690. The first-order valence-electron chi connectivity index (χ1n) is 14.9. The molecule has 162 valence electrons. The fourth-order valence-corrected chi connectivity index (χ4v) is 3.43. The average molecular weight is 437 g/mol. The summed E-state index contributed by atoms with van der Waals surface area (Å²) >= 11 is 0. The van der Waals surface area contributed by atoms with Gasteiger partial charge in [0.15, 0.2) is 5.78 Å². The van der Waals surface area contributed by atoms with Crippen molar-refractivity contribution < 1.29 is 18.5 Å². The van der Waals surface area contributed by atoms with E-state index in [4.69, 9.17) is 13.7 Å². The van der Waals surface area contributed by atoms with Gasteiger partial charge in [-0.05, 0) is 56.4 Å². The van der Waals surface area contributed by atoms with Gasteiger partial charge in [-0.3, -0.25) is 4.79 Å². The molecule has 7 heteroatoms. The Balaban J connectivity index is 1.48. The number of piperidine rings is 1. The molecule has 1 aromatic carbocycles. The first kappa shape index (κ1) is 11.9. The number of anilines is 1. The minimum Gasteiger partial charge on any atom is -0.357 e. The maximum absolute atomic E-state index is 13.3. The van der Waals surface area contributed by atoms with Gasteiger partial charge in [0.2, 0.25) is 0 Å². The smallest absolute Gasteiger partial charge is 0.169 e. The Morgan fingerprint density at radius 3 is 2.69 bits per heavy atom. The second kappa shape index (κ2) is 8.49. The molecule has 4 aromatic rings. The summed E-state index contributed by atoms with van der Waals surface area (Å²) in [5, 5.41) is 9.06. The van der Waals surface area contributed by atoms with Crippen molar-refractivity contribution in [2.75, 3.05) is 17.9 Å². The first-order valence-corrected chi connectivity index (χ1v) is 9.89. The van der Waals surface area contributed by atoms with E-state index in [0.717, 1.165) is 34.7 Å². The number of benzene rings is 1. The Morgan fingerprint density at radius 2 is 1.91 bits per heavy atom. The predicted octanol–water partition coefficient (Wildman–Crippen LogP) is 4.15. The van der Waals surface area contributed by atoms with Gasteiger partial charge in [0.25, 0.3) is 0 Å². The molecule has 0 saturated carbocycles. The molecule has 0 unspecified atom stereocenters. The minimum atomic E-state index is -3.55. The number of imidazole rings is 1. The minimum absolute atomic E-state index is 0.0395. The number of pyridine rings is 1. The number of aryl methyl sites for hydroxylation is 1. The fourth-order valence-electron chi connectivity index (χ4n) is 3.43. The van der Waals surface area contributed by atoms with E-state index >= 15 is 0 Å². The van der Waals surface area contributed by atoms with E-state index in [0.29, 0.717) is 11.2 Å². The van der Waals surface area contributed by atoms with Crippen LogP contribution in [0.2, 0.25) is 0 Å². The fraction of sp³-hybridized carbons (Fsp3) is 0.320. The summed E-state index contributed by atoms with van der Waals surface area (Å²) in [6.07, 6.45) is -7.95. The molecule has 0 bridgehead atoms. The van der Waals surface area contributed by atoms with Crippen LogP contribution in [0.25, 0.3) is 22.2 Å². The zero-order valence-corrected chi connectivity index (χ0v) is 17.4. The Morgan fingerprint density at radius 1 is 1.06 bits per heavy atom. The van der Waals surface area contributed by atoms with E-state index in [-0.39, 0.29) is 16.9 Å². The number of nitrogens with zero attached hydrogens (tertiary/aromatic N) is 6. The van der Waals surface area contributed by atoms with Crippen molar-refractivity contribution >= 4 is 22.5 Å². The molecule has 32 heavy (non-hydrogen) atoms. The van der Waals surface area contributed by atoms with Crippen molar-refractivity contribution in [2.24, 2.45) is 7.05 Å². The lowest BCUT2D eigenvalue weighted by Gasteiger charge is -2.27. The number of Topliss-reactive ketones (excluding diaryl/α,β-unsaturated/α-hetero) is 1. The number of hydrogen-bond donors (Lipinski definition) is 0. The zero-order chi connectivity index (χ0) is 31.0. The zero-order valence-electron chi connectivity index (χ0n) is 27.4. The molecule has 5 rings (SSSR count). The highest BCUT2D eigenvalue weighted by atomic mass is 16.1. The van der Waals surface area contributed by atoms with Gasteiger partial charge in [0.05, 0.1) is 29.5 Å². The van der Waals surface area contributed by atoms with Gasteiger partial charge in [-0.1, -0.05) is 6.07 Å². The summed E-state index contributed by atoms with van der Waals surface area (Å²) < 4.78 is 83.9. The molecule has 0 aliphatic carbocycles. The second-order valence-corrected chi connectivity index (χ2v) is 7.30. The molecule has 1 saturated heterocycles. The van der Waals surface area contributed by atoms with Crippen LogP contribution >= 0.6 is 0 Å². The quantitative estimate of drug-likeness (QED) is 0.438. The van der Waals surface area contributed by atoms with Crippen LogP contribution in [-0.2, 0) is 13.5 Å². The van der Waals surface area contributed by atoms with Crippen LogP contribution in [0.1, 0.15) is 54.7 Å². The summed E-state index contributed by atoms with van der Waals surface area (Å²) in [4.78, 5) is 21.6. The van der Waals surface area contributed by atoms with Crippen LogP contribution in [0.4, 0.5) is 5.82 Å². The summed E-state index contributed by atoms with van der Waals surface area (Å²) in [5.74, 6) is -0.234. The molecule has 0 amide bonds. The largest absolute Gasteiger partial charge is 0.357 e. The highest BCUT2D eigenvalue weighted by Gasteiger charge is 2.16. The SMILES string of the molecule is [2H]C1([2H])N(c2cc(C(=O)Cc3cc4cc(-c5cnc(C)n5C)ccc4nn3)ccn2)C([2H])([2H])C([2H])([2H])C([2H])([2H])C1([2H])[2H]. The van der Waals surface area contributed by atoms with Crippen molar-refractivity contribution in [1.29, 1.82) is 0 Å². The third kappa shape index (κ3) is 3.98. The van der Waals surface area contributed by atoms with Gasteiger partial charge in [0, 0.05) is 56.5 Å². The van der Waals surface area contributed by atoms with Crippen LogP contribution in [0.3, 0.4) is 0 Å². The van der Waals surface area contributed by atoms with E-state index < -0.39 is 43.7 Å². The normalized spacial score (nSPS) is 26.6. The number of fused-ring (bicyclic) bond motifs is 1. The van der Waals surface area contributed by atoms with Gasteiger partial charge in [-0.25, -0.2) is 9.97 Å². The lowest BCUT2D eigenvalue weighted by atomic mass is 10.0. The van der Waals surface area contributed by atoms with Crippen LogP contribution < -0.4 is 4.90 Å². The molecular weight excluding hydrogens is 400 g/mol. The van der Waals surface area contributed by atoms with Crippen molar-refractivity contribution in [3.05, 3.63) is 65.9 Å². The molecule has 1 aliphatic heterocycles. The van der Waals surface area contributed by atoms with Crippen molar-refractivity contribution in [3.63, 3.8) is 0 Å². The Kier molecular flexibility index (Phi) is 3.15. The molecule has 0 radical (unpaired) electrons. The highest BCUT2D eigenvalue weighted by molar-refractivity contribution is 5.98. The second-order valence-electron chi connectivity index (χ2n) is 7.30. The third-order valence-corrected chi connectivity index (χ3v) is 5.25. The monoisotopic (exact) mass is 436 g/mol. The average Bonchev–Trinajstić information content (AvgIpc) is 3.25. The van der Waals surface area contributed by atoms with Crippen molar-refractivity contribution in [1.82, 2.24) is 24.7 Å². The number of hydrogen-bond acceptors (Lipinski definition) is 6. The summed E-state index contributed by atoms with van der Waals surface area (Å²) in [6, 6.07) is 9.65. The van der Waals surface area contributed by atoms with E-state index in [9.17, 15) is 4.79 Å². The van der Waals surface area contributed by atoms with E-state index in [2.05, 4.69) is 20.2 Å². The molecule has 3 aromatic heterocycles. The standard InChI is InChI=1S/C25H26N6O/c1-17-27-16-23(30(17)2)18-6-7-22-20(12-18)13-21(28-29-22)15-24(32)19-8-9-26-25(14-19)31-10-4-3-5-11-31/h6-9,12-14,16H,3-5,10-11,15H2,1-2H3/i3D2,4D2,5D2,10D2,11D2. The number of aromatic nitrogens is 5.